The molecule has 1 N–H and O–H groups in total. The van der Waals surface area contributed by atoms with Crippen molar-refractivity contribution >= 4 is 28.7 Å². The number of hydrogen-bond donors (Lipinski definition) is 1. The Hall–Kier alpha value is -1.89. The van der Waals surface area contributed by atoms with Crippen molar-refractivity contribution < 1.29 is 9.59 Å². The third kappa shape index (κ3) is 2.60. The first-order chi connectivity index (χ1) is 8.93. The molecule has 0 saturated heterocycles. The number of hydrogen-bond acceptors (Lipinski definition) is 5. The Kier molecular flexibility index (Phi) is 3.57. The van der Waals surface area contributed by atoms with Crippen LogP contribution in [-0.4, -0.2) is 27.0 Å². The SMILES string of the molecule is CC(=O)NC1=NN(C(C)=O)[C@@](C)(c2cccnc2)S1. The summed E-state index contributed by atoms with van der Waals surface area (Å²) in [6.07, 6.45) is 3.36. The summed E-state index contributed by atoms with van der Waals surface area (Å²) in [6, 6.07) is 3.68. The average Bonchev–Trinajstić information content (AvgIpc) is 2.68. The standard InChI is InChI=1S/C12H14N4O2S/c1-8(17)14-11-15-16(9(2)18)12(3,19-11)10-5-4-6-13-7-10/h4-7H,1-3H3,(H,14,15,17)/t12-/m1/s1. The van der Waals surface area contributed by atoms with Gasteiger partial charge in [0.1, 0.15) is 4.87 Å². The zero-order valence-electron chi connectivity index (χ0n) is 10.9. The number of nitrogens with zero attached hydrogens (tertiary/aromatic N) is 3. The maximum absolute atomic E-state index is 11.7. The molecule has 19 heavy (non-hydrogen) atoms. The number of hydrazone groups is 1. The molecule has 1 aliphatic rings. The van der Waals surface area contributed by atoms with E-state index in [2.05, 4.69) is 15.4 Å². The molecular formula is C12H14N4O2S. The lowest BCUT2D eigenvalue weighted by molar-refractivity contribution is -0.131. The maximum atomic E-state index is 11.7. The molecule has 0 radical (unpaired) electrons. The zero-order valence-corrected chi connectivity index (χ0v) is 11.7. The van der Waals surface area contributed by atoms with Crippen molar-refractivity contribution in [1.82, 2.24) is 15.3 Å². The number of amidine groups is 1. The fourth-order valence-corrected chi connectivity index (χ4v) is 3.02. The number of carbonyl (C=O) groups excluding carboxylic acids is 2. The first-order valence-electron chi connectivity index (χ1n) is 5.70. The van der Waals surface area contributed by atoms with Gasteiger partial charge in [0.25, 0.3) is 0 Å². The van der Waals surface area contributed by atoms with Crippen LogP contribution in [-0.2, 0) is 14.5 Å². The molecule has 100 valence electrons. The van der Waals surface area contributed by atoms with Gasteiger partial charge in [-0.05, 0) is 13.0 Å². The largest absolute Gasteiger partial charge is 0.304 e. The third-order valence-corrected chi connectivity index (χ3v) is 3.85. The maximum Gasteiger partial charge on any atom is 0.241 e. The summed E-state index contributed by atoms with van der Waals surface area (Å²) < 4.78 is 0. The number of rotatable bonds is 1. The van der Waals surface area contributed by atoms with Crippen molar-refractivity contribution in [2.75, 3.05) is 0 Å². The molecule has 7 heteroatoms. The lowest BCUT2D eigenvalue weighted by Crippen LogP contribution is -2.37. The van der Waals surface area contributed by atoms with Gasteiger partial charge in [0.15, 0.2) is 5.17 Å². The van der Waals surface area contributed by atoms with E-state index in [1.54, 1.807) is 18.5 Å². The van der Waals surface area contributed by atoms with Gasteiger partial charge in [-0.1, -0.05) is 17.8 Å². The summed E-state index contributed by atoms with van der Waals surface area (Å²) in [5.74, 6) is -0.413. The molecule has 0 saturated carbocycles. The molecule has 0 unspecified atom stereocenters. The Morgan fingerprint density at radius 1 is 1.42 bits per heavy atom. The Morgan fingerprint density at radius 3 is 2.68 bits per heavy atom. The molecule has 1 aliphatic heterocycles. The molecule has 2 heterocycles. The predicted molar refractivity (Wildman–Crippen MR) is 73.0 cm³/mol. The van der Waals surface area contributed by atoms with E-state index in [4.69, 9.17) is 0 Å². The molecule has 2 amide bonds. The van der Waals surface area contributed by atoms with Gasteiger partial charge in [-0.2, -0.15) is 0 Å². The van der Waals surface area contributed by atoms with Crippen LogP contribution in [0.1, 0.15) is 26.3 Å². The highest BCUT2D eigenvalue weighted by Crippen LogP contribution is 2.44. The Balaban J connectivity index is 2.36. The van der Waals surface area contributed by atoms with Crippen molar-refractivity contribution in [3.8, 4) is 0 Å². The topological polar surface area (TPSA) is 74.7 Å². The molecular weight excluding hydrogens is 264 g/mol. The van der Waals surface area contributed by atoms with Crippen LogP contribution in [0.15, 0.2) is 29.6 Å². The second kappa shape index (κ2) is 5.00. The molecule has 0 aliphatic carbocycles. The van der Waals surface area contributed by atoms with E-state index in [0.717, 1.165) is 5.56 Å². The fourth-order valence-electron chi connectivity index (χ4n) is 1.83. The van der Waals surface area contributed by atoms with E-state index in [-0.39, 0.29) is 11.8 Å². The summed E-state index contributed by atoms with van der Waals surface area (Å²) in [5.41, 5.74) is 0.847. The fraction of sp³-hybridized carbons (Fsp3) is 0.333. The van der Waals surface area contributed by atoms with Gasteiger partial charge >= 0.3 is 0 Å². The van der Waals surface area contributed by atoms with E-state index < -0.39 is 4.87 Å². The lowest BCUT2D eigenvalue weighted by atomic mass is 10.1. The number of amides is 2. The van der Waals surface area contributed by atoms with Crippen molar-refractivity contribution in [2.24, 2.45) is 5.10 Å². The molecule has 0 bridgehead atoms. The minimum Gasteiger partial charge on any atom is -0.304 e. The van der Waals surface area contributed by atoms with Crippen LogP contribution in [0, 0.1) is 0 Å². The Morgan fingerprint density at radius 2 is 2.16 bits per heavy atom. The van der Waals surface area contributed by atoms with Gasteiger partial charge in [-0.25, -0.2) is 5.01 Å². The molecule has 0 fully saturated rings. The quantitative estimate of drug-likeness (QED) is 0.839. The number of aromatic nitrogens is 1. The minimum atomic E-state index is -0.697. The van der Waals surface area contributed by atoms with Gasteiger partial charge in [0.05, 0.1) is 0 Å². The zero-order chi connectivity index (χ0) is 14.0. The number of thioether (sulfide) groups is 1. The highest BCUT2D eigenvalue weighted by Gasteiger charge is 2.44. The van der Waals surface area contributed by atoms with E-state index in [1.807, 2.05) is 13.0 Å². The summed E-state index contributed by atoms with van der Waals surface area (Å²) in [6.45, 7) is 4.71. The van der Waals surface area contributed by atoms with E-state index in [1.165, 1.54) is 30.6 Å². The van der Waals surface area contributed by atoms with Crippen molar-refractivity contribution in [1.29, 1.82) is 0 Å². The molecule has 1 atom stereocenters. The summed E-state index contributed by atoms with van der Waals surface area (Å²) in [4.78, 5) is 26.2. The Labute approximate surface area is 115 Å². The highest BCUT2D eigenvalue weighted by molar-refractivity contribution is 8.14. The van der Waals surface area contributed by atoms with Crippen LogP contribution in [0.4, 0.5) is 0 Å². The molecule has 0 aromatic carbocycles. The number of carbonyl (C=O) groups is 2. The summed E-state index contributed by atoms with van der Waals surface area (Å²) in [7, 11) is 0. The first-order valence-corrected chi connectivity index (χ1v) is 6.51. The number of pyridine rings is 1. The van der Waals surface area contributed by atoms with Gasteiger partial charge in [0, 0.05) is 31.8 Å². The van der Waals surface area contributed by atoms with Crippen LogP contribution in [0.5, 0.6) is 0 Å². The van der Waals surface area contributed by atoms with Gasteiger partial charge in [0.2, 0.25) is 11.8 Å². The second-order valence-electron chi connectivity index (χ2n) is 4.24. The normalized spacial score (nSPS) is 22.1. The van der Waals surface area contributed by atoms with E-state index in [0.29, 0.717) is 5.17 Å². The smallest absolute Gasteiger partial charge is 0.241 e. The van der Waals surface area contributed by atoms with Crippen molar-refractivity contribution in [2.45, 2.75) is 25.6 Å². The van der Waals surface area contributed by atoms with E-state index in [9.17, 15) is 9.59 Å². The van der Waals surface area contributed by atoms with Crippen LogP contribution in [0.25, 0.3) is 0 Å². The van der Waals surface area contributed by atoms with Crippen LogP contribution in [0.3, 0.4) is 0 Å². The molecule has 2 rings (SSSR count). The Bertz CT molecular complexity index is 546. The monoisotopic (exact) mass is 278 g/mol. The highest BCUT2D eigenvalue weighted by atomic mass is 32.2. The van der Waals surface area contributed by atoms with E-state index >= 15 is 0 Å². The van der Waals surface area contributed by atoms with Gasteiger partial charge in [-0.15, -0.1) is 5.10 Å². The lowest BCUT2D eigenvalue weighted by Gasteiger charge is -2.30. The summed E-state index contributed by atoms with van der Waals surface area (Å²) in [5, 5.41) is 8.54. The van der Waals surface area contributed by atoms with Crippen LogP contribution >= 0.6 is 11.8 Å². The first kappa shape index (κ1) is 13.5. The molecule has 1 aromatic rings. The van der Waals surface area contributed by atoms with Gasteiger partial charge < -0.3 is 5.32 Å². The predicted octanol–water partition coefficient (Wildman–Crippen LogP) is 1.26. The second-order valence-corrected chi connectivity index (χ2v) is 5.63. The third-order valence-electron chi connectivity index (χ3n) is 2.67. The molecule has 6 nitrogen and oxygen atoms in total. The molecule has 0 spiro atoms. The van der Waals surface area contributed by atoms with Crippen LogP contribution in [0.2, 0.25) is 0 Å². The summed E-state index contributed by atoms with van der Waals surface area (Å²) >= 11 is 1.31. The number of nitrogens with one attached hydrogen (secondary N) is 1. The van der Waals surface area contributed by atoms with Crippen LogP contribution < -0.4 is 5.32 Å². The van der Waals surface area contributed by atoms with Crippen molar-refractivity contribution in [3.05, 3.63) is 30.1 Å². The average molecular weight is 278 g/mol. The van der Waals surface area contributed by atoms with Crippen molar-refractivity contribution in [3.63, 3.8) is 0 Å². The van der Waals surface area contributed by atoms with Gasteiger partial charge in [-0.3, -0.25) is 14.6 Å². The minimum absolute atomic E-state index is 0.195. The molecule has 1 aromatic heterocycles.